The van der Waals surface area contributed by atoms with Gasteiger partial charge in [-0.25, -0.2) is 4.98 Å². The van der Waals surface area contributed by atoms with Gasteiger partial charge in [0, 0.05) is 23.8 Å². The zero-order chi connectivity index (χ0) is 15.8. The molecule has 3 heterocycles. The topological polar surface area (TPSA) is 54.2 Å². The van der Waals surface area contributed by atoms with Gasteiger partial charge in [0.15, 0.2) is 5.65 Å². The Kier molecular flexibility index (Phi) is 3.79. The first-order chi connectivity index (χ1) is 11.2. The SMILES string of the molecule is O[C@@H]1CCN(c2nc3ncc(Br)cc3n2Cc2ccccc2)C1. The lowest BCUT2D eigenvalue weighted by Crippen LogP contribution is -2.25. The number of pyridine rings is 1. The normalized spacial score (nSPS) is 18.0. The monoisotopic (exact) mass is 372 g/mol. The van der Waals surface area contributed by atoms with Gasteiger partial charge in [0.2, 0.25) is 5.95 Å². The minimum atomic E-state index is -0.278. The molecule has 1 aliphatic heterocycles. The van der Waals surface area contributed by atoms with Crippen LogP contribution in [0.3, 0.4) is 0 Å². The maximum Gasteiger partial charge on any atom is 0.208 e. The molecule has 4 rings (SSSR count). The van der Waals surface area contributed by atoms with Gasteiger partial charge < -0.3 is 14.6 Å². The van der Waals surface area contributed by atoms with E-state index in [4.69, 9.17) is 4.98 Å². The summed E-state index contributed by atoms with van der Waals surface area (Å²) in [5.74, 6) is 0.881. The van der Waals surface area contributed by atoms with Crippen molar-refractivity contribution in [1.29, 1.82) is 0 Å². The minimum Gasteiger partial charge on any atom is -0.391 e. The zero-order valence-electron chi connectivity index (χ0n) is 12.6. The number of hydrogen-bond donors (Lipinski definition) is 1. The number of imidazole rings is 1. The smallest absolute Gasteiger partial charge is 0.208 e. The Balaban J connectivity index is 1.82. The summed E-state index contributed by atoms with van der Waals surface area (Å²) in [5.41, 5.74) is 2.95. The van der Waals surface area contributed by atoms with Gasteiger partial charge in [-0.3, -0.25) is 0 Å². The maximum absolute atomic E-state index is 9.86. The Morgan fingerprint density at radius 1 is 1.26 bits per heavy atom. The molecule has 1 atom stereocenters. The fraction of sp³-hybridized carbons (Fsp3) is 0.294. The molecule has 6 heteroatoms. The molecule has 5 nitrogen and oxygen atoms in total. The van der Waals surface area contributed by atoms with Crippen molar-refractivity contribution in [2.24, 2.45) is 0 Å². The molecule has 1 aromatic carbocycles. The predicted molar refractivity (Wildman–Crippen MR) is 93.6 cm³/mol. The highest BCUT2D eigenvalue weighted by Crippen LogP contribution is 2.27. The van der Waals surface area contributed by atoms with E-state index in [-0.39, 0.29) is 6.10 Å². The van der Waals surface area contributed by atoms with Crippen LogP contribution in [-0.2, 0) is 6.54 Å². The summed E-state index contributed by atoms with van der Waals surface area (Å²) in [6, 6.07) is 12.4. The number of nitrogens with zero attached hydrogens (tertiary/aromatic N) is 4. The van der Waals surface area contributed by atoms with Gasteiger partial charge in [-0.05, 0) is 34.0 Å². The van der Waals surface area contributed by atoms with Crippen LogP contribution in [0.15, 0.2) is 47.1 Å². The molecule has 0 radical (unpaired) electrons. The molecule has 3 aromatic rings. The van der Waals surface area contributed by atoms with E-state index < -0.39 is 0 Å². The first kappa shape index (κ1) is 14.7. The van der Waals surface area contributed by atoms with E-state index in [0.717, 1.165) is 41.1 Å². The van der Waals surface area contributed by atoms with Crippen molar-refractivity contribution in [1.82, 2.24) is 14.5 Å². The Hall–Kier alpha value is -1.92. The van der Waals surface area contributed by atoms with Crippen LogP contribution in [0.25, 0.3) is 11.2 Å². The molecule has 1 fully saturated rings. The first-order valence-corrected chi connectivity index (χ1v) is 8.49. The fourth-order valence-electron chi connectivity index (χ4n) is 3.06. The van der Waals surface area contributed by atoms with Crippen LogP contribution in [0.2, 0.25) is 0 Å². The van der Waals surface area contributed by atoms with Crippen LogP contribution < -0.4 is 4.90 Å². The number of aromatic nitrogens is 3. The lowest BCUT2D eigenvalue weighted by molar-refractivity contribution is 0.198. The maximum atomic E-state index is 9.86. The number of aliphatic hydroxyl groups is 1. The van der Waals surface area contributed by atoms with Crippen molar-refractivity contribution in [3.05, 3.63) is 52.6 Å². The third-order valence-corrected chi connectivity index (χ3v) is 4.62. The highest BCUT2D eigenvalue weighted by Gasteiger charge is 2.25. The Morgan fingerprint density at radius 3 is 2.83 bits per heavy atom. The second kappa shape index (κ2) is 5.94. The van der Waals surface area contributed by atoms with E-state index in [1.54, 1.807) is 6.20 Å². The van der Waals surface area contributed by atoms with Gasteiger partial charge >= 0.3 is 0 Å². The van der Waals surface area contributed by atoms with Crippen LogP contribution >= 0.6 is 15.9 Å². The summed E-state index contributed by atoms with van der Waals surface area (Å²) >= 11 is 3.50. The minimum absolute atomic E-state index is 0.278. The second-order valence-electron chi connectivity index (χ2n) is 5.87. The van der Waals surface area contributed by atoms with E-state index >= 15 is 0 Å². The number of halogens is 1. The standard InChI is InChI=1S/C17H17BrN4O/c18-13-8-15-16(19-9-13)20-17(21-7-6-14(23)11-21)22(15)10-12-4-2-1-3-5-12/h1-5,8-9,14,23H,6-7,10-11H2/t14-/m1/s1. The molecule has 2 aromatic heterocycles. The van der Waals surface area contributed by atoms with Crippen molar-refractivity contribution in [3.8, 4) is 0 Å². The lowest BCUT2D eigenvalue weighted by atomic mass is 10.2. The lowest BCUT2D eigenvalue weighted by Gasteiger charge is -2.19. The van der Waals surface area contributed by atoms with E-state index in [9.17, 15) is 5.11 Å². The van der Waals surface area contributed by atoms with Crippen molar-refractivity contribution in [3.63, 3.8) is 0 Å². The molecule has 0 spiro atoms. The van der Waals surface area contributed by atoms with E-state index in [1.807, 2.05) is 24.3 Å². The quantitative estimate of drug-likeness (QED) is 0.767. The van der Waals surface area contributed by atoms with Gasteiger partial charge in [0.25, 0.3) is 0 Å². The molecule has 1 saturated heterocycles. The van der Waals surface area contributed by atoms with Crippen LogP contribution in [0.1, 0.15) is 12.0 Å². The predicted octanol–water partition coefficient (Wildman–Crippen LogP) is 2.81. The molecule has 0 aliphatic carbocycles. The van der Waals surface area contributed by atoms with Gasteiger partial charge in [0.05, 0.1) is 18.2 Å². The number of aliphatic hydroxyl groups excluding tert-OH is 1. The number of fused-ring (bicyclic) bond motifs is 1. The van der Waals surface area contributed by atoms with Crippen LogP contribution in [0, 0.1) is 0 Å². The third kappa shape index (κ3) is 2.84. The molecule has 23 heavy (non-hydrogen) atoms. The number of hydrogen-bond acceptors (Lipinski definition) is 4. The molecule has 1 N–H and O–H groups in total. The van der Waals surface area contributed by atoms with Gasteiger partial charge in [-0.15, -0.1) is 0 Å². The highest BCUT2D eigenvalue weighted by molar-refractivity contribution is 9.10. The third-order valence-electron chi connectivity index (χ3n) is 4.18. The summed E-state index contributed by atoms with van der Waals surface area (Å²) < 4.78 is 3.12. The second-order valence-corrected chi connectivity index (χ2v) is 6.78. The fourth-order valence-corrected chi connectivity index (χ4v) is 3.37. The average Bonchev–Trinajstić information content (AvgIpc) is 3.13. The number of anilines is 1. The summed E-state index contributed by atoms with van der Waals surface area (Å²) in [4.78, 5) is 11.3. The molecule has 0 saturated carbocycles. The number of β-amino-alcohol motifs (C(OH)–C–C–N with tert-alkyl or cyclic N) is 1. The number of rotatable bonds is 3. The van der Waals surface area contributed by atoms with Gasteiger partial charge in [0.1, 0.15) is 0 Å². The van der Waals surface area contributed by atoms with Crippen molar-refractivity contribution >= 4 is 33.0 Å². The molecule has 1 aliphatic rings. The molecule has 0 unspecified atom stereocenters. The first-order valence-electron chi connectivity index (χ1n) is 7.69. The summed E-state index contributed by atoms with van der Waals surface area (Å²) in [7, 11) is 0. The summed E-state index contributed by atoms with van der Waals surface area (Å²) in [6.07, 6.45) is 2.27. The van der Waals surface area contributed by atoms with Crippen LogP contribution in [0.4, 0.5) is 5.95 Å². The molecular weight excluding hydrogens is 356 g/mol. The van der Waals surface area contributed by atoms with Crippen LogP contribution in [0.5, 0.6) is 0 Å². The van der Waals surface area contributed by atoms with Crippen LogP contribution in [-0.4, -0.2) is 38.8 Å². The summed E-state index contributed by atoms with van der Waals surface area (Å²) in [5, 5.41) is 9.86. The van der Waals surface area contributed by atoms with Gasteiger partial charge in [-0.1, -0.05) is 30.3 Å². The Morgan fingerprint density at radius 2 is 2.09 bits per heavy atom. The molecule has 0 amide bonds. The van der Waals surface area contributed by atoms with Crippen molar-refractivity contribution in [2.75, 3.05) is 18.0 Å². The van der Waals surface area contributed by atoms with Crippen molar-refractivity contribution in [2.45, 2.75) is 19.1 Å². The molecule has 118 valence electrons. The van der Waals surface area contributed by atoms with Gasteiger partial charge in [-0.2, -0.15) is 4.98 Å². The van der Waals surface area contributed by atoms with E-state index in [1.165, 1.54) is 5.56 Å². The summed E-state index contributed by atoms with van der Waals surface area (Å²) in [6.45, 7) is 2.18. The van der Waals surface area contributed by atoms with E-state index in [2.05, 4.69) is 42.5 Å². The zero-order valence-corrected chi connectivity index (χ0v) is 14.1. The Bertz CT molecular complexity index is 833. The number of benzene rings is 1. The molecular formula is C17H17BrN4O. The molecule has 0 bridgehead atoms. The van der Waals surface area contributed by atoms with Crippen molar-refractivity contribution < 1.29 is 5.11 Å². The average molecular weight is 373 g/mol. The highest BCUT2D eigenvalue weighted by atomic mass is 79.9. The van der Waals surface area contributed by atoms with E-state index in [0.29, 0.717) is 6.54 Å². The Labute approximate surface area is 142 Å². The largest absolute Gasteiger partial charge is 0.391 e.